The van der Waals surface area contributed by atoms with Crippen LogP contribution in [-0.2, 0) is 6.42 Å². The van der Waals surface area contributed by atoms with Crippen molar-refractivity contribution in [3.8, 4) is 11.5 Å². The van der Waals surface area contributed by atoms with Gasteiger partial charge in [-0.05, 0) is 44.0 Å². The number of nitrogens with zero attached hydrogens (tertiary/aromatic N) is 2. The van der Waals surface area contributed by atoms with Gasteiger partial charge in [0.05, 0.1) is 13.7 Å². The molecule has 1 aromatic heterocycles. The zero-order chi connectivity index (χ0) is 18.8. The summed E-state index contributed by atoms with van der Waals surface area (Å²) in [7, 11) is 1.63. The molecule has 6 nitrogen and oxygen atoms in total. The molecule has 0 spiro atoms. The number of halogens is 1. The van der Waals surface area contributed by atoms with Gasteiger partial charge in [-0.3, -0.25) is 4.99 Å². The SMILES string of the molecule is CCNC(=NCCc1ccc(Cl)nc1)Nc1ccc(OCC)c(OC)c1. The summed E-state index contributed by atoms with van der Waals surface area (Å²) in [5.41, 5.74) is 1.97. The number of hydrogen-bond donors (Lipinski definition) is 2. The maximum Gasteiger partial charge on any atom is 0.195 e. The van der Waals surface area contributed by atoms with E-state index in [-0.39, 0.29) is 0 Å². The Morgan fingerprint density at radius 2 is 2.04 bits per heavy atom. The fourth-order valence-electron chi connectivity index (χ4n) is 2.32. The van der Waals surface area contributed by atoms with Gasteiger partial charge in [-0.15, -0.1) is 0 Å². The first kappa shape index (κ1) is 19.8. The summed E-state index contributed by atoms with van der Waals surface area (Å²) in [6, 6.07) is 9.46. The summed E-state index contributed by atoms with van der Waals surface area (Å²) in [6.45, 7) is 5.96. The Morgan fingerprint density at radius 3 is 2.69 bits per heavy atom. The summed E-state index contributed by atoms with van der Waals surface area (Å²) in [4.78, 5) is 8.69. The Balaban J connectivity index is 2.03. The molecule has 0 unspecified atom stereocenters. The second kappa shape index (κ2) is 10.5. The molecule has 7 heteroatoms. The van der Waals surface area contributed by atoms with Crippen LogP contribution < -0.4 is 20.1 Å². The quantitative estimate of drug-likeness (QED) is 0.417. The van der Waals surface area contributed by atoms with E-state index >= 15 is 0 Å². The molecule has 0 amide bonds. The lowest BCUT2D eigenvalue weighted by Crippen LogP contribution is -2.30. The van der Waals surface area contributed by atoms with Gasteiger partial charge in [-0.1, -0.05) is 17.7 Å². The van der Waals surface area contributed by atoms with Crippen LogP contribution in [0, 0.1) is 0 Å². The van der Waals surface area contributed by atoms with Crippen molar-refractivity contribution in [1.82, 2.24) is 10.3 Å². The van der Waals surface area contributed by atoms with Gasteiger partial charge in [-0.2, -0.15) is 0 Å². The summed E-state index contributed by atoms with van der Waals surface area (Å²) < 4.78 is 10.9. The Bertz CT molecular complexity index is 720. The molecule has 0 aliphatic rings. The van der Waals surface area contributed by atoms with Gasteiger partial charge in [0.1, 0.15) is 5.15 Å². The van der Waals surface area contributed by atoms with Gasteiger partial charge < -0.3 is 20.1 Å². The van der Waals surface area contributed by atoms with Gasteiger partial charge >= 0.3 is 0 Å². The number of anilines is 1. The van der Waals surface area contributed by atoms with Crippen molar-refractivity contribution in [2.45, 2.75) is 20.3 Å². The predicted octanol–water partition coefficient (Wildman–Crippen LogP) is 3.76. The van der Waals surface area contributed by atoms with Crippen molar-refractivity contribution in [3.05, 3.63) is 47.2 Å². The molecule has 0 saturated heterocycles. The Hall–Kier alpha value is -2.47. The van der Waals surface area contributed by atoms with Crippen LogP contribution in [0.2, 0.25) is 5.15 Å². The first-order valence-electron chi connectivity index (χ1n) is 8.62. The largest absolute Gasteiger partial charge is 0.493 e. The maximum atomic E-state index is 5.81. The molecule has 0 saturated carbocycles. The van der Waals surface area contributed by atoms with E-state index < -0.39 is 0 Å². The first-order valence-corrected chi connectivity index (χ1v) is 9.00. The average Bonchev–Trinajstić information content (AvgIpc) is 2.65. The molecule has 26 heavy (non-hydrogen) atoms. The molecule has 2 aromatic rings. The molecule has 0 bridgehead atoms. The van der Waals surface area contributed by atoms with Crippen molar-refractivity contribution in [3.63, 3.8) is 0 Å². The summed E-state index contributed by atoms with van der Waals surface area (Å²) in [6.07, 6.45) is 2.56. The second-order valence-electron chi connectivity index (χ2n) is 5.42. The number of pyridine rings is 1. The van der Waals surface area contributed by atoms with Gasteiger partial charge in [0.15, 0.2) is 17.5 Å². The third kappa shape index (κ3) is 6.11. The van der Waals surface area contributed by atoms with E-state index in [1.165, 1.54) is 0 Å². The van der Waals surface area contributed by atoms with E-state index in [1.54, 1.807) is 19.4 Å². The number of guanidine groups is 1. The van der Waals surface area contributed by atoms with Crippen molar-refractivity contribution in [2.75, 3.05) is 32.1 Å². The van der Waals surface area contributed by atoms with E-state index in [9.17, 15) is 0 Å². The van der Waals surface area contributed by atoms with Crippen LogP contribution in [0.3, 0.4) is 0 Å². The zero-order valence-electron chi connectivity index (χ0n) is 15.4. The number of methoxy groups -OCH3 is 1. The van der Waals surface area contributed by atoms with E-state index in [4.69, 9.17) is 21.1 Å². The van der Waals surface area contributed by atoms with Crippen molar-refractivity contribution >= 4 is 23.2 Å². The molecule has 1 heterocycles. The minimum atomic E-state index is 0.497. The Labute approximate surface area is 159 Å². The van der Waals surface area contributed by atoms with Crippen LogP contribution in [0.4, 0.5) is 5.69 Å². The molecule has 0 aliphatic carbocycles. The summed E-state index contributed by atoms with van der Waals surface area (Å²) in [5, 5.41) is 7.02. The standard InChI is InChI=1S/C19H25ClN4O2/c1-4-21-19(22-11-10-14-6-9-18(20)23-13-14)24-15-7-8-16(26-5-2)17(12-15)25-3/h6-9,12-13H,4-5,10-11H2,1-3H3,(H2,21,22,24). The highest BCUT2D eigenvalue weighted by Crippen LogP contribution is 2.30. The highest BCUT2D eigenvalue weighted by molar-refractivity contribution is 6.29. The molecule has 1 aromatic carbocycles. The molecule has 2 N–H and O–H groups in total. The van der Waals surface area contributed by atoms with Crippen LogP contribution in [0.15, 0.2) is 41.5 Å². The van der Waals surface area contributed by atoms with E-state index in [1.807, 2.05) is 38.1 Å². The normalized spacial score (nSPS) is 11.2. The van der Waals surface area contributed by atoms with Gasteiger partial charge in [0.2, 0.25) is 0 Å². The number of ether oxygens (including phenoxy) is 2. The van der Waals surface area contributed by atoms with Crippen LogP contribution >= 0.6 is 11.6 Å². The highest BCUT2D eigenvalue weighted by Gasteiger charge is 2.07. The number of hydrogen-bond acceptors (Lipinski definition) is 4. The minimum absolute atomic E-state index is 0.497. The molecular formula is C19H25ClN4O2. The van der Waals surface area contributed by atoms with Crippen LogP contribution in [0.5, 0.6) is 11.5 Å². The fourth-order valence-corrected chi connectivity index (χ4v) is 2.43. The number of nitrogens with one attached hydrogen (secondary N) is 2. The third-order valence-electron chi connectivity index (χ3n) is 3.53. The van der Waals surface area contributed by atoms with Crippen molar-refractivity contribution in [1.29, 1.82) is 0 Å². The monoisotopic (exact) mass is 376 g/mol. The predicted molar refractivity (Wildman–Crippen MR) is 107 cm³/mol. The lowest BCUT2D eigenvalue weighted by molar-refractivity contribution is 0.311. The minimum Gasteiger partial charge on any atom is -0.493 e. The Kier molecular flexibility index (Phi) is 8.02. The molecule has 2 rings (SSSR count). The number of rotatable bonds is 8. The number of aromatic nitrogens is 1. The second-order valence-corrected chi connectivity index (χ2v) is 5.81. The van der Waals surface area contributed by atoms with E-state index in [2.05, 4.69) is 20.6 Å². The average molecular weight is 377 g/mol. The number of aliphatic imine (C=N–C) groups is 1. The maximum absolute atomic E-state index is 5.81. The fraction of sp³-hybridized carbons (Fsp3) is 0.368. The third-order valence-corrected chi connectivity index (χ3v) is 3.75. The van der Waals surface area contributed by atoms with Crippen molar-refractivity contribution in [2.24, 2.45) is 4.99 Å². The first-order chi connectivity index (χ1) is 12.7. The van der Waals surface area contributed by atoms with Crippen LogP contribution in [0.25, 0.3) is 0 Å². The summed E-state index contributed by atoms with van der Waals surface area (Å²) >= 11 is 5.81. The van der Waals surface area contributed by atoms with E-state index in [0.29, 0.717) is 30.0 Å². The molecule has 0 fully saturated rings. The summed E-state index contributed by atoms with van der Waals surface area (Å²) in [5.74, 6) is 2.11. The number of benzene rings is 1. The molecular weight excluding hydrogens is 352 g/mol. The lowest BCUT2D eigenvalue weighted by atomic mass is 10.2. The smallest absolute Gasteiger partial charge is 0.195 e. The molecule has 0 atom stereocenters. The van der Waals surface area contributed by atoms with Gasteiger partial charge in [-0.25, -0.2) is 4.98 Å². The van der Waals surface area contributed by atoms with Crippen LogP contribution in [0.1, 0.15) is 19.4 Å². The van der Waals surface area contributed by atoms with Gasteiger partial charge in [0, 0.05) is 31.0 Å². The highest BCUT2D eigenvalue weighted by atomic mass is 35.5. The molecule has 140 valence electrons. The Morgan fingerprint density at radius 1 is 1.19 bits per heavy atom. The zero-order valence-corrected chi connectivity index (χ0v) is 16.1. The molecule has 0 aliphatic heterocycles. The van der Waals surface area contributed by atoms with Gasteiger partial charge in [0.25, 0.3) is 0 Å². The van der Waals surface area contributed by atoms with Crippen molar-refractivity contribution < 1.29 is 9.47 Å². The van der Waals surface area contributed by atoms with Crippen LogP contribution in [-0.4, -0.2) is 37.7 Å². The topological polar surface area (TPSA) is 67.8 Å². The molecule has 0 radical (unpaired) electrons. The van der Waals surface area contributed by atoms with E-state index in [0.717, 1.165) is 30.0 Å². The lowest BCUT2D eigenvalue weighted by Gasteiger charge is -2.14.